The molecule has 0 unspecified atom stereocenters. The molecule has 7 nitrogen and oxygen atoms in total. The van der Waals surface area contributed by atoms with Gasteiger partial charge in [0.15, 0.2) is 5.82 Å². The van der Waals surface area contributed by atoms with Crippen LogP contribution in [0.25, 0.3) is 11.4 Å². The smallest absolute Gasteiger partial charge is 0.433 e. The van der Waals surface area contributed by atoms with Crippen molar-refractivity contribution in [3.63, 3.8) is 0 Å². The van der Waals surface area contributed by atoms with Crippen molar-refractivity contribution in [2.24, 2.45) is 0 Å². The maximum atomic E-state index is 14.5. The molecule has 1 aromatic carbocycles. The minimum absolute atomic E-state index is 0.0147. The first-order valence-corrected chi connectivity index (χ1v) is 9.48. The number of aromatic nitrogens is 4. The number of halogens is 4. The fraction of sp³-hybridized carbons (Fsp3) is 0.300. The van der Waals surface area contributed by atoms with Crippen LogP contribution in [0.4, 0.5) is 35.1 Å². The van der Waals surface area contributed by atoms with Crippen molar-refractivity contribution >= 4 is 17.6 Å². The number of anilines is 3. The quantitative estimate of drug-likeness (QED) is 0.539. The number of rotatable bonds is 6. The van der Waals surface area contributed by atoms with Crippen molar-refractivity contribution in [3.8, 4) is 17.1 Å². The molecule has 1 aliphatic rings. The Hall–Kier alpha value is -3.50. The van der Waals surface area contributed by atoms with E-state index in [2.05, 4.69) is 30.6 Å². The highest BCUT2D eigenvalue weighted by Crippen LogP contribution is 2.31. The molecule has 0 saturated heterocycles. The van der Waals surface area contributed by atoms with Crippen molar-refractivity contribution < 1.29 is 22.3 Å². The van der Waals surface area contributed by atoms with Gasteiger partial charge in [0.1, 0.15) is 17.3 Å². The number of pyridine rings is 1. The van der Waals surface area contributed by atoms with E-state index in [0.717, 1.165) is 31.5 Å². The molecule has 2 N–H and O–H groups in total. The summed E-state index contributed by atoms with van der Waals surface area (Å²) in [5.74, 6) is 0.0123. The van der Waals surface area contributed by atoms with E-state index >= 15 is 0 Å². The van der Waals surface area contributed by atoms with Crippen LogP contribution in [-0.2, 0) is 6.18 Å². The third kappa shape index (κ3) is 4.81. The molecule has 162 valence electrons. The van der Waals surface area contributed by atoms with Gasteiger partial charge in [-0.15, -0.1) is 0 Å². The molecule has 0 spiro atoms. The van der Waals surface area contributed by atoms with E-state index in [4.69, 9.17) is 4.74 Å². The van der Waals surface area contributed by atoms with Gasteiger partial charge in [-0.05, 0) is 49.6 Å². The van der Waals surface area contributed by atoms with Gasteiger partial charge in [-0.2, -0.15) is 28.1 Å². The van der Waals surface area contributed by atoms with Crippen molar-refractivity contribution in [1.29, 1.82) is 0 Å². The van der Waals surface area contributed by atoms with Crippen LogP contribution in [0.2, 0.25) is 0 Å². The Balaban J connectivity index is 1.72. The number of alkyl halides is 3. The molecule has 1 aliphatic carbocycles. The minimum Gasteiger partial charge on any atom is -0.497 e. The lowest BCUT2D eigenvalue weighted by Crippen LogP contribution is -2.28. The molecule has 31 heavy (non-hydrogen) atoms. The summed E-state index contributed by atoms with van der Waals surface area (Å²) in [7, 11) is 1.45. The number of ether oxygens (including phenoxy) is 1. The number of hydrogen-bond acceptors (Lipinski definition) is 7. The lowest BCUT2D eigenvalue weighted by atomic mass is 9.93. The third-order valence-electron chi connectivity index (χ3n) is 4.79. The van der Waals surface area contributed by atoms with Gasteiger partial charge in [0, 0.05) is 17.9 Å². The molecule has 0 atom stereocenters. The number of nitrogens with zero attached hydrogens (tertiary/aromatic N) is 4. The minimum atomic E-state index is -4.59. The van der Waals surface area contributed by atoms with Crippen molar-refractivity contribution in [2.45, 2.75) is 31.5 Å². The number of methoxy groups -OCH3 is 1. The Morgan fingerprint density at radius 3 is 2.48 bits per heavy atom. The molecule has 4 rings (SSSR count). The van der Waals surface area contributed by atoms with E-state index in [0.29, 0.717) is 5.75 Å². The van der Waals surface area contributed by atoms with Crippen LogP contribution in [0.5, 0.6) is 5.75 Å². The zero-order valence-electron chi connectivity index (χ0n) is 16.4. The predicted molar refractivity (Wildman–Crippen MR) is 106 cm³/mol. The molecular formula is C20H18F4N6O. The lowest BCUT2D eigenvalue weighted by molar-refractivity contribution is -0.141. The molecule has 2 aromatic heterocycles. The van der Waals surface area contributed by atoms with E-state index in [1.165, 1.54) is 31.4 Å². The van der Waals surface area contributed by atoms with Crippen LogP contribution in [-0.4, -0.2) is 33.1 Å². The molecule has 0 bridgehead atoms. The van der Waals surface area contributed by atoms with Gasteiger partial charge in [0.2, 0.25) is 11.9 Å². The molecule has 0 aliphatic heterocycles. The van der Waals surface area contributed by atoms with Crippen LogP contribution < -0.4 is 15.4 Å². The molecular weight excluding hydrogens is 416 g/mol. The number of nitrogens with one attached hydrogen (secondary N) is 2. The monoisotopic (exact) mass is 434 g/mol. The van der Waals surface area contributed by atoms with Crippen LogP contribution >= 0.6 is 0 Å². The Morgan fingerprint density at radius 2 is 1.81 bits per heavy atom. The molecule has 1 fully saturated rings. The van der Waals surface area contributed by atoms with E-state index in [1.807, 2.05) is 0 Å². The Morgan fingerprint density at radius 1 is 1.03 bits per heavy atom. The maximum Gasteiger partial charge on any atom is 0.433 e. The van der Waals surface area contributed by atoms with Crippen LogP contribution in [0.1, 0.15) is 25.0 Å². The summed E-state index contributed by atoms with van der Waals surface area (Å²) in [5.41, 5.74) is -0.897. The van der Waals surface area contributed by atoms with Gasteiger partial charge in [-0.3, -0.25) is 4.98 Å². The second-order valence-electron chi connectivity index (χ2n) is 6.98. The van der Waals surface area contributed by atoms with Gasteiger partial charge < -0.3 is 15.4 Å². The Bertz CT molecular complexity index is 1090. The Labute approximate surface area is 174 Å². The number of benzene rings is 1. The summed E-state index contributed by atoms with van der Waals surface area (Å²) >= 11 is 0. The van der Waals surface area contributed by atoms with Crippen molar-refractivity contribution in [1.82, 2.24) is 19.9 Å². The van der Waals surface area contributed by atoms with Gasteiger partial charge in [-0.1, -0.05) is 0 Å². The number of hydrogen-bond donors (Lipinski definition) is 2. The lowest BCUT2D eigenvalue weighted by Gasteiger charge is -2.26. The highest BCUT2D eigenvalue weighted by Gasteiger charge is 2.32. The highest BCUT2D eigenvalue weighted by molar-refractivity contribution is 5.63. The molecule has 0 amide bonds. The molecule has 3 aromatic rings. The SMILES string of the molecule is COc1ccc(F)c(-c2nc(Nc3ccnc(C(F)(F)F)c3)nc(NC3CCC3)n2)c1. The first kappa shape index (κ1) is 20.8. The zero-order valence-corrected chi connectivity index (χ0v) is 16.4. The topological polar surface area (TPSA) is 84.8 Å². The second kappa shape index (κ2) is 8.32. The van der Waals surface area contributed by atoms with Crippen LogP contribution in [0, 0.1) is 5.82 Å². The van der Waals surface area contributed by atoms with E-state index in [9.17, 15) is 17.6 Å². The van der Waals surface area contributed by atoms with Gasteiger partial charge >= 0.3 is 6.18 Å². The van der Waals surface area contributed by atoms with Gasteiger partial charge in [0.05, 0.1) is 12.7 Å². The van der Waals surface area contributed by atoms with Crippen LogP contribution in [0.3, 0.4) is 0 Å². The zero-order chi connectivity index (χ0) is 22.0. The summed E-state index contributed by atoms with van der Waals surface area (Å²) < 4.78 is 58.5. The summed E-state index contributed by atoms with van der Waals surface area (Å²) in [6, 6.07) is 6.50. The Kier molecular flexibility index (Phi) is 5.57. The largest absolute Gasteiger partial charge is 0.497 e. The summed E-state index contributed by atoms with van der Waals surface area (Å²) in [5, 5.41) is 5.88. The van der Waals surface area contributed by atoms with Crippen LogP contribution in [0.15, 0.2) is 36.5 Å². The first-order valence-electron chi connectivity index (χ1n) is 9.48. The fourth-order valence-electron chi connectivity index (χ4n) is 2.95. The van der Waals surface area contributed by atoms with E-state index < -0.39 is 17.7 Å². The predicted octanol–water partition coefficient (Wildman–Crippen LogP) is 4.81. The normalized spacial score (nSPS) is 14.1. The second-order valence-corrected chi connectivity index (χ2v) is 6.98. The van der Waals surface area contributed by atoms with Crippen molar-refractivity contribution in [3.05, 3.63) is 48.0 Å². The molecule has 1 saturated carbocycles. The summed E-state index contributed by atoms with van der Waals surface area (Å²) in [6.45, 7) is 0. The first-order chi connectivity index (χ1) is 14.8. The molecule has 0 radical (unpaired) electrons. The average molecular weight is 434 g/mol. The fourth-order valence-corrected chi connectivity index (χ4v) is 2.95. The summed E-state index contributed by atoms with van der Waals surface area (Å²) in [6.07, 6.45) is -0.610. The van der Waals surface area contributed by atoms with Gasteiger partial charge in [0.25, 0.3) is 0 Å². The van der Waals surface area contributed by atoms with E-state index in [1.54, 1.807) is 0 Å². The van der Waals surface area contributed by atoms with Crippen molar-refractivity contribution in [2.75, 3.05) is 17.7 Å². The standard InChI is InChI=1S/C20H18F4N6O/c1-31-13-5-6-15(21)14(10-13)17-28-18(26-11-3-2-4-11)30-19(29-17)27-12-7-8-25-16(9-12)20(22,23)24/h5-11H,2-4H2,1H3,(H2,25,26,27,28,29,30). The van der Waals surface area contributed by atoms with Gasteiger partial charge in [-0.25, -0.2) is 4.39 Å². The molecule has 11 heteroatoms. The summed E-state index contributed by atoms with van der Waals surface area (Å²) in [4.78, 5) is 16.1. The molecule has 2 heterocycles. The maximum absolute atomic E-state index is 14.5. The third-order valence-corrected chi connectivity index (χ3v) is 4.79. The highest BCUT2D eigenvalue weighted by atomic mass is 19.4. The van der Waals surface area contributed by atoms with E-state index in [-0.39, 0.29) is 35.0 Å². The average Bonchev–Trinajstić information content (AvgIpc) is 2.70.